The van der Waals surface area contributed by atoms with Gasteiger partial charge in [0.1, 0.15) is 0 Å². The van der Waals surface area contributed by atoms with E-state index in [1.165, 1.54) is 11.1 Å². The predicted molar refractivity (Wildman–Crippen MR) is 92.6 cm³/mol. The standard InChI is InChI=1S/C19H30N2O2/c1-16(2)18-5-3-17(4-6-18)11-20-7-9-21(10-8-20)12-19(13-22)14-23-15-19/h3-6,16,22H,7-15H2,1-2H3. The van der Waals surface area contributed by atoms with Gasteiger partial charge in [-0.15, -0.1) is 0 Å². The van der Waals surface area contributed by atoms with Gasteiger partial charge < -0.3 is 9.84 Å². The SMILES string of the molecule is CC(C)c1ccc(CN2CCN(CC3(CO)COC3)CC2)cc1. The monoisotopic (exact) mass is 318 g/mol. The third-order valence-corrected chi connectivity index (χ3v) is 5.23. The zero-order valence-corrected chi connectivity index (χ0v) is 14.5. The number of piperazine rings is 1. The third kappa shape index (κ3) is 4.13. The van der Waals surface area contributed by atoms with Gasteiger partial charge in [-0.2, -0.15) is 0 Å². The summed E-state index contributed by atoms with van der Waals surface area (Å²) in [5.74, 6) is 0.599. The highest BCUT2D eigenvalue weighted by Crippen LogP contribution is 2.28. The molecular formula is C19H30N2O2. The Balaban J connectivity index is 1.45. The van der Waals surface area contributed by atoms with Crippen molar-refractivity contribution < 1.29 is 9.84 Å². The molecule has 1 N–H and O–H groups in total. The van der Waals surface area contributed by atoms with Crippen molar-refractivity contribution in [3.05, 3.63) is 35.4 Å². The fourth-order valence-electron chi connectivity index (χ4n) is 3.47. The molecule has 0 unspecified atom stereocenters. The van der Waals surface area contributed by atoms with Crippen molar-refractivity contribution in [2.45, 2.75) is 26.3 Å². The van der Waals surface area contributed by atoms with Crippen LogP contribution in [0, 0.1) is 5.41 Å². The molecule has 128 valence electrons. The van der Waals surface area contributed by atoms with Crippen molar-refractivity contribution in [1.29, 1.82) is 0 Å². The molecule has 0 aromatic heterocycles. The van der Waals surface area contributed by atoms with E-state index in [2.05, 4.69) is 47.9 Å². The van der Waals surface area contributed by atoms with Crippen LogP contribution in [0.4, 0.5) is 0 Å². The van der Waals surface area contributed by atoms with Crippen LogP contribution in [0.25, 0.3) is 0 Å². The second-order valence-electron chi connectivity index (χ2n) is 7.60. The van der Waals surface area contributed by atoms with Crippen molar-refractivity contribution in [1.82, 2.24) is 9.80 Å². The molecule has 0 spiro atoms. The van der Waals surface area contributed by atoms with Crippen LogP contribution in [0.2, 0.25) is 0 Å². The van der Waals surface area contributed by atoms with Gasteiger partial charge in [-0.1, -0.05) is 38.1 Å². The van der Waals surface area contributed by atoms with Crippen molar-refractivity contribution >= 4 is 0 Å². The van der Waals surface area contributed by atoms with Gasteiger partial charge in [-0.25, -0.2) is 0 Å². The van der Waals surface area contributed by atoms with Crippen molar-refractivity contribution in [3.8, 4) is 0 Å². The highest BCUT2D eigenvalue weighted by Gasteiger charge is 2.40. The van der Waals surface area contributed by atoms with E-state index in [9.17, 15) is 5.11 Å². The quantitative estimate of drug-likeness (QED) is 0.869. The average molecular weight is 318 g/mol. The van der Waals surface area contributed by atoms with E-state index in [-0.39, 0.29) is 12.0 Å². The number of rotatable bonds is 6. The summed E-state index contributed by atoms with van der Waals surface area (Å²) in [6.07, 6.45) is 0. The van der Waals surface area contributed by atoms with Crippen LogP contribution in [0.1, 0.15) is 30.9 Å². The number of nitrogens with zero attached hydrogens (tertiary/aromatic N) is 2. The average Bonchev–Trinajstić information content (AvgIpc) is 2.53. The fourth-order valence-corrected chi connectivity index (χ4v) is 3.47. The lowest BCUT2D eigenvalue weighted by atomic mass is 9.86. The molecule has 2 saturated heterocycles. The second kappa shape index (κ2) is 7.31. The topological polar surface area (TPSA) is 35.9 Å². The van der Waals surface area contributed by atoms with Crippen LogP contribution >= 0.6 is 0 Å². The number of hydrogen-bond acceptors (Lipinski definition) is 4. The first-order valence-corrected chi connectivity index (χ1v) is 8.82. The molecule has 0 bridgehead atoms. The minimum atomic E-state index is 0.00878. The van der Waals surface area contributed by atoms with Crippen LogP contribution in [0.15, 0.2) is 24.3 Å². The molecule has 23 heavy (non-hydrogen) atoms. The Kier molecular flexibility index (Phi) is 5.37. The van der Waals surface area contributed by atoms with E-state index in [1.54, 1.807) is 0 Å². The highest BCUT2D eigenvalue weighted by molar-refractivity contribution is 5.24. The number of aliphatic hydroxyl groups excluding tert-OH is 1. The Morgan fingerprint density at radius 1 is 1.04 bits per heavy atom. The van der Waals surface area contributed by atoms with Gasteiger partial charge >= 0.3 is 0 Å². The predicted octanol–water partition coefficient (Wildman–Crippen LogP) is 1.94. The van der Waals surface area contributed by atoms with Gasteiger partial charge in [-0.05, 0) is 17.0 Å². The smallest absolute Gasteiger partial charge is 0.0579 e. The molecule has 4 nitrogen and oxygen atoms in total. The summed E-state index contributed by atoms with van der Waals surface area (Å²) in [6, 6.07) is 9.07. The molecule has 2 fully saturated rings. The number of aliphatic hydroxyl groups is 1. The summed E-state index contributed by atoms with van der Waals surface area (Å²) >= 11 is 0. The van der Waals surface area contributed by atoms with Gasteiger partial charge in [-0.3, -0.25) is 9.80 Å². The van der Waals surface area contributed by atoms with E-state index in [0.717, 1.165) is 39.3 Å². The highest BCUT2D eigenvalue weighted by atomic mass is 16.5. The molecule has 4 heteroatoms. The first kappa shape index (κ1) is 16.9. The number of hydrogen-bond donors (Lipinski definition) is 1. The zero-order valence-electron chi connectivity index (χ0n) is 14.5. The fraction of sp³-hybridized carbons (Fsp3) is 0.684. The van der Waals surface area contributed by atoms with E-state index in [4.69, 9.17) is 4.74 Å². The maximum Gasteiger partial charge on any atom is 0.0579 e. The molecule has 3 rings (SSSR count). The maximum atomic E-state index is 9.56. The van der Waals surface area contributed by atoms with Gasteiger partial charge in [0.15, 0.2) is 0 Å². The molecule has 0 radical (unpaired) electrons. The van der Waals surface area contributed by atoms with Crippen molar-refractivity contribution in [2.75, 3.05) is 52.5 Å². The van der Waals surface area contributed by atoms with Gasteiger partial charge in [0, 0.05) is 39.3 Å². The van der Waals surface area contributed by atoms with Crippen LogP contribution in [-0.2, 0) is 11.3 Å². The Morgan fingerprint density at radius 3 is 2.13 bits per heavy atom. The molecule has 1 aromatic carbocycles. The van der Waals surface area contributed by atoms with Gasteiger partial charge in [0.25, 0.3) is 0 Å². The molecule has 2 heterocycles. The number of benzene rings is 1. The summed E-state index contributed by atoms with van der Waals surface area (Å²) in [4.78, 5) is 5.01. The first-order chi connectivity index (χ1) is 11.1. The lowest BCUT2D eigenvalue weighted by molar-refractivity contribution is -0.150. The molecule has 0 aliphatic carbocycles. The van der Waals surface area contributed by atoms with Crippen LogP contribution in [-0.4, -0.2) is 67.5 Å². The maximum absolute atomic E-state index is 9.56. The van der Waals surface area contributed by atoms with E-state index in [1.807, 2.05) is 0 Å². The minimum Gasteiger partial charge on any atom is -0.396 e. The van der Waals surface area contributed by atoms with Gasteiger partial charge in [0.05, 0.1) is 25.2 Å². The number of ether oxygens (including phenoxy) is 1. The summed E-state index contributed by atoms with van der Waals surface area (Å²) in [5, 5.41) is 9.56. The van der Waals surface area contributed by atoms with Crippen LogP contribution in [0.3, 0.4) is 0 Å². The second-order valence-corrected chi connectivity index (χ2v) is 7.60. The normalized spacial score (nSPS) is 22.3. The minimum absolute atomic E-state index is 0.00878. The first-order valence-electron chi connectivity index (χ1n) is 8.82. The third-order valence-electron chi connectivity index (χ3n) is 5.23. The Bertz CT molecular complexity index is 483. The summed E-state index contributed by atoms with van der Waals surface area (Å²) in [5.41, 5.74) is 2.83. The summed E-state index contributed by atoms with van der Waals surface area (Å²) in [6.45, 7) is 12.6. The molecule has 2 aliphatic rings. The Hall–Kier alpha value is -0.940. The van der Waals surface area contributed by atoms with Crippen LogP contribution < -0.4 is 0 Å². The molecule has 2 aliphatic heterocycles. The molecule has 0 saturated carbocycles. The molecule has 1 aromatic rings. The van der Waals surface area contributed by atoms with Gasteiger partial charge in [0.2, 0.25) is 0 Å². The largest absolute Gasteiger partial charge is 0.396 e. The zero-order chi connectivity index (χ0) is 16.3. The van der Waals surface area contributed by atoms with E-state index in [0.29, 0.717) is 19.1 Å². The Morgan fingerprint density at radius 2 is 1.65 bits per heavy atom. The van der Waals surface area contributed by atoms with E-state index >= 15 is 0 Å². The summed E-state index contributed by atoms with van der Waals surface area (Å²) in [7, 11) is 0. The summed E-state index contributed by atoms with van der Waals surface area (Å²) < 4.78 is 5.30. The Labute approximate surface area is 140 Å². The van der Waals surface area contributed by atoms with Crippen molar-refractivity contribution in [3.63, 3.8) is 0 Å². The lowest BCUT2D eigenvalue weighted by Crippen LogP contribution is -2.56. The molecule has 0 atom stereocenters. The lowest BCUT2D eigenvalue weighted by Gasteiger charge is -2.45. The van der Waals surface area contributed by atoms with E-state index < -0.39 is 0 Å². The molecular weight excluding hydrogens is 288 g/mol. The van der Waals surface area contributed by atoms with Crippen LogP contribution in [0.5, 0.6) is 0 Å². The molecule has 0 amide bonds. The van der Waals surface area contributed by atoms with Crippen molar-refractivity contribution in [2.24, 2.45) is 5.41 Å².